The van der Waals surface area contributed by atoms with E-state index in [0.717, 1.165) is 12.3 Å². The maximum Gasteiger partial charge on any atom is 0.320 e. The van der Waals surface area contributed by atoms with E-state index in [2.05, 4.69) is 19.8 Å². The molecule has 2 aliphatic rings. The van der Waals surface area contributed by atoms with Gasteiger partial charge in [-0.05, 0) is 48.9 Å². The van der Waals surface area contributed by atoms with E-state index in [9.17, 15) is 36.3 Å². The summed E-state index contributed by atoms with van der Waals surface area (Å²) in [6.07, 6.45) is 1.73. The number of ketones is 2. The largest absolute Gasteiger partial charge is 0.480 e. The lowest BCUT2D eigenvalue weighted by molar-refractivity contribution is -0.141. The lowest BCUT2D eigenvalue weighted by Crippen LogP contribution is -2.62. The monoisotopic (exact) mass is 604 g/mol. The summed E-state index contributed by atoms with van der Waals surface area (Å²) in [6, 6.07) is 9.02. The van der Waals surface area contributed by atoms with Crippen LogP contribution in [0.1, 0.15) is 56.0 Å². The molecule has 0 saturated heterocycles. The molecule has 1 aliphatic heterocycles. The minimum absolute atomic E-state index is 0.00576. The van der Waals surface area contributed by atoms with Crippen LogP contribution in [0, 0.1) is 11.8 Å². The van der Waals surface area contributed by atoms with Gasteiger partial charge in [0, 0.05) is 11.3 Å². The Balaban J connectivity index is 1.87. The van der Waals surface area contributed by atoms with Gasteiger partial charge >= 0.3 is 5.97 Å². The number of anilines is 2. The van der Waals surface area contributed by atoms with Crippen molar-refractivity contribution in [1.29, 1.82) is 0 Å². The van der Waals surface area contributed by atoms with Gasteiger partial charge in [0.05, 0.1) is 11.9 Å². The van der Waals surface area contributed by atoms with Crippen LogP contribution in [-0.4, -0.2) is 57.6 Å². The zero-order chi connectivity index (χ0) is 30.3. The van der Waals surface area contributed by atoms with E-state index in [1.807, 2.05) is 13.8 Å². The average molecular weight is 605 g/mol. The molecule has 12 nitrogen and oxygen atoms in total. The number of nitrogens with zero attached hydrogens (tertiary/aromatic N) is 1. The van der Waals surface area contributed by atoms with Gasteiger partial charge < -0.3 is 10.4 Å². The van der Waals surface area contributed by atoms with Crippen molar-refractivity contribution in [2.24, 2.45) is 16.2 Å². The Kier molecular flexibility index (Phi) is 8.13. The van der Waals surface area contributed by atoms with Gasteiger partial charge in [-0.15, -0.1) is 4.40 Å². The third kappa shape index (κ3) is 5.90. The Morgan fingerprint density at radius 2 is 1.85 bits per heavy atom. The molecule has 1 aliphatic carbocycles. The van der Waals surface area contributed by atoms with Crippen molar-refractivity contribution in [3.05, 3.63) is 53.6 Å². The topological polar surface area (TPSA) is 188 Å². The summed E-state index contributed by atoms with van der Waals surface area (Å²) in [5, 5.41) is 15.7. The SMILES string of the molecule is CCC(NC1(CCC(C)C)C(=O)C(C2=NS(=O)(=O)c3cc(NS(C)(=O)=O)ccc3N2)C(=O)c2ccccc21)C(=O)O. The van der Waals surface area contributed by atoms with Crippen LogP contribution >= 0.6 is 0 Å². The smallest absolute Gasteiger partial charge is 0.320 e. The molecule has 0 saturated carbocycles. The number of carboxylic acid groups (broad SMARTS) is 1. The number of rotatable bonds is 10. The normalized spacial score (nSPS) is 22.3. The van der Waals surface area contributed by atoms with E-state index in [1.165, 1.54) is 18.2 Å². The van der Waals surface area contributed by atoms with E-state index in [-0.39, 0.29) is 40.6 Å². The molecule has 2 aromatic carbocycles. The zero-order valence-corrected chi connectivity index (χ0v) is 24.6. The maximum absolute atomic E-state index is 14.5. The first-order valence-corrected chi connectivity index (χ1v) is 16.3. The molecule has 0 radical (unpaired) electrons. The molecule has 41 heavy (non-hydrogen) atoms. The van der Waals surface area contributed by atoms with Crippen LogP contribution < -0.4 is 15.4 Å². The number of benzene rings is 2. The molecule has 1 heterocycles. The van der Waals surface area contributed by atoms with E-state index in [4.69, 9.17) is 0 Å². The van der Waals surface area contributed by atoms with E-state index in [1.54, 1.807) is 25.1 Å². The molecule has 14 heteroatoms. The van der Waals surface area contributed by atoms with Crippen molar-refractivity contribution in [3.8, 4) is 0 Å². The fourth-order valence-corrected chi connectivity index (χ4v) is 6.91. The standard InChI is InChI=1S/C27H32N4O8S2/c1-5-19(26(34)35)29-27(13-12-15(2)3)18-9-7-6-8-17(18)23(32)22(24(27)33)25-28-20-11-10-16(30-40(4,36)37)14-21(20)41(38,39)31-25/h6-11,14-15,19,22,29-30H,5,12-13H2,1-4H3,(H,28,31)(H,34,35). The Morgan fingerprint density at radius 3 is 2.46 bits per heavy atom. The molecule has 3 atom stereocenters. The van der Waals surface area contributed by atoms with Crippen molar-refractivity contribution >= 4 is 54.8 Å². The first-order valence-electron chi connectivity index (χ1n) is 13.0. The number of hydrogen-bond donors (Lipinski definition) is 4. The van der Waals surface area contributed by atoms with Gasteiger partial charge in [-0.25, -0.2) is 8.42 Å². The van der Waals surface area contributed by atoms with Crippen molar-refractivity contribution < 1.29 is 36.3 Å². The Hall–Kier alpha value is -3.62. The fraction of sp³-hybridized carbons (Fsp3) is 0.407. The minimum Gasteiger partial charge on any atom is -0.480 e. The Labute approximate surface area is 238 Å². The van der Waals surface area contributed by atoms with Crippen LogP contribution in [0.15, 0.2) is 51.8 Å². The van der Waals surface area contributed by atoms with Crippen LogP contribution in [0.3, 0.4) is 0 Å². The van der Waals surface area contributed by atoms with Crippen molar-refractivity contribution in [2.75, 3.05) is 16.3 Å². The van der Waals surface area contributed by atoms with Crippen LogP contribution in [0.2, 0.25) is 0 Å². The molecular formula is C27H32N4O8S2. The average Bonchev–Trinajstić information content (AvgIpc) is 2.87. The molecule has 4 N–H and O–H groups in total. The van der Waals surface area contributed by atoms with Crippen molar-refractivity contribution in [3.63, 3.8) is 0 Å². The number of Topliss-reactive ketones (excluding diaryl/α,β-unsaturated/α-hetero) is 2. The molecule has 220 valence electrons. The highest BCUT2D eigenvalue weighted by Crippen LogP contribution is 2.42. The number of aliphatic carboxylic acids is 1. The lowest BCUT2D eigenvalue weighted by atomic mass is 9.66. The van der Waals surface area contributed by atoms with Gasteiger partial charge in [-0.2, -0.15) is 8.42 Å². The van der Waals surface area contributed by atoms with Gasteiger partial charge in [0.15, 0.2) is 11.6 Å². The molecule has 0 aromatic heterocycles. The first kappa shape index (κ1) is 30.3. The molecule has 2 aromatic rings. The fourth-order valence-electron chi connectivity index (χ4n) is 5.17. The molecule has 4 rings (SSSR count). The van der Waals surface area contributed by atoms with Gasteiger partial charge in [0.2, 0.25) is 10.0 Å². The lowest BCUT2D eigenvalue weighted by Gasteiger charge is -2.43. The minimum atomic E-state index is -4.48. The molecule has 0 fully saturated rings. The van der Waals surface area contributed by atoms with E-state index in [0.29, 0.717) is 12.0 Å². The number of carboxylic acids is 1. The predicted octanol–water partition coefficient (Wildman–Crippen LogP) is 2.74. The van der Waals surface area contributed by atoms with Crippen LogP contribution in [0.5, 0.6) is 0 Å². The molecule has 3 unspecified atom stereocenters. The summed E-state index contributed by atoms with van der Waals surface area (Å²) in [6.45, 7) is 5.56. The number of fused-ring (bicyclic) bond motifs is 2. The maximum atomic E-state index is 14.5. The number of nitrogens with one attached hydrogen (secondary N) is 3. The third-order valence-electron chi connectivity index (χ3n) is 7.14. The van der Waals surface area contributed by atoms with Crippen molar-refractivity contribution in [2.45, 2.75) is 56.5 Å². The molecule has 0 amide bonds. The summed E-state index contributed by atoms with van der Waals surface area (Å²) in [4.78, 5) is 40.0. The summed E-state index contributed by atoms with van der Waals surface area (Å²) in [5.41, 5.74) is -1.12. The molecular weight excluding hydrogens is 572 g/mol. The van der Waals surface area contributed by atoms with Gasteiger partial charge in [0.1, 0.15) is 28.2 Å². The highest BCUT2D eigenvalue weighted by Gasteiger charge is 2.55. The Morgan fingerprint density at radius 1 is 1.17 bits per heavy atom. The number of carbonyl (C=O) groups is 3. The van der Waals surface area contributed by atoms with Crippen LogP contribution in [0.4, 0.5) is 11.4 Å². The van der Waals surface area contributed by atoms with Gasteiger partial charge in [0.25, 0.3) is 10.0 Å². The third-order valence-corrected chi connectivity index (χ3v) is 9.08. The van der Waals surface area contributed by atoms with E-state index < -0.39 is 60.9 Å². The molecule has 0 bridgehead atoms. The summed E-state index contributed by atoms with van der Waals surface area (Å²) in [5.74, 6) is -4.50. The Bertz CT molecular complexity index is 1670. The summed E-state index contributed by atoms with van der Waals surface area (Å²) < 4.78 is 55.8. The summed E-state index contributed by atoms with van der Waals surface area (Å²) >= 11 is 0. The molecule has 0 spiro atoms. The number of hydrogen-bond acceptors (Lipinski definition) is 9. The highest BCUT2D eigenvalue weighted by molar-refractivity contribution is 7.92. The van der Waals surface area contributed by atoms with Crippen LogP contribution in [0.25, 0.3) is 0 Å². The second-order valence-corrected chi connectivity index (χ2v) is 14.0. The van der Waals surface area contributed by atoms with Crippen LogP contribution in [-0.2, 0) is 35.2 Å². The van der Waals surface area contributed by atoms with Gasteiger partial charge in [-0.1, -0.05) is 45.0 Å². The van der Waals surface area contributed by atoms with Gasteiger partial charge in [-0.3, -0.25) is 24.4 Å². The number of carbonyl (C=O) groups excluding carboxylic acids is 2. The number of amidine groups is 1. The second kappa shape index (κ2) is 11.0. The van der Waals surface area contributed by atoms with Crippen molar-refractivity contribution in [1.82, 2.24) is 5.32 Å². The predicted molar refractivity (Wildman–Crippen MR) is 153 cm³/mol. The second-order valence-electron chi connectivity index (χ2n) is 10.7. The number of sulfonamides is 2. The zero-order valence-electron chi connectivity index (χ0n) is 23.0. The highest BCUT2D eigenvalue weighted by atomic mass is 32.2. The summed E-state index contributed by atoms with van der Waals surface area (Å²) in [7, 11) is -8.17. The quantitative estimate of drug-likeness (QED) is 0.294. The first-order chi connectivity index (χ1) is 19.1. The van der Waals surface area contributed by atoms with E-state index >= 15 is 0 Å².